The topological polar surface area (TPSA) is 136 Å². The molecule has 45 heavy (non-hydrogen) atoms. The Labute approximate surface area is 263 Å². The molecule has 1 saturated heterocycles. The van der Waals surface area contributed by atoms with Crippen molar-refractivity contribution in [2.75, 3.05) is 41.3 Å². The maximum absolute atomic E-state index is 13.2. The molecule has 3 amide bonds. The van der Waals surface area contributed by atoms with E-state index in [2.05, 4.69) is 21.6 Å². The van der Waals surface area contributed by atoms with Crippen molar-refractivity contribution in [3.05, 3.63) is 81.6 Å². The van der Waals surface area contributed by atoms with E-state index in [9.17, 15) is 19.6 Å². The molecule has 234 valence electrons. The number of aryl methyl sites for hydroxylation is 3. The number of carbonyl (C=O) groups excluding carboxylic acids is 3. The monoisotopic (exact) mass is 609 g/mol. The molecule has 1 aliphatic heterocycles. The number of hydrogen-bond acceptors (Lipinski definition) is 8. The van der Waals surface area contributed by atoms with Crippen molar-refractivity contribution in [3.63, 3.8) is 0 Å². The minimum absolute atomic E-state index is 0.0606. The average Bonchev–Trinajstić information content (AvgIpc) is 3.52. The van der Waals surface area contributed by atoms with Gasteiger partial charge in [0.1, 0.15) is 11.5 Å². The number of carbonyl (C=O) groups is 3. The quantitative estimate of drug-likeness (QED) is 0.385. The van der Waals surface area contributed by atoms with Gasteiger partial charge in [0.2, 0.25) is 17.7 Å². The molecule has 1 saturated carbocycles. The van der Waals surface area contributed by atoms with Crippen molar-refractivity contribution in [2.24, 2.45) is 5.92 Å². The van der Waals surface area contributed by atoms with Gasteiger partial charge in [-0.05, 0) is 91.1 Å². The van der Waals surface area contributed by atoms with Crippen LogP contribution >= 0.6 is 0 Å². The summed E-state index contributed by atoms with van der Waals surface area (Å²) >= 11 is 0. The van der Waals surface area contributed by atoms with Crippen molar-refractivity contribution in [3.8, 4) is 6.07 Å². The second-order valence-corrected chi connectivity index (χ2v) is 12.8. The third-order valence-electron chi connectivity index (χ3n) is 9.49. The lowest BCUT2D eigenvalue weighted by Gasteiger charge is -2.34. The van der Waals surface area contributed by atoms with E-state index in [1.807, 2.05) is 36.4 Å². The Morgan fingerprint density at radius 1 is 0.978 bits per heavy atom. The first-order valence-electron chi connectivity index (χ1n) is 15.5. The number of piperidine rings is 1. The van der Waals surface area contributed by atoms with Crippen LogP contribution in [0.3, 0.4) is 0 Å². The normalized spacial score (nSPS) is 20.7. The highest BCUT2D eigenvalue weighted by Gasteiger charge is 2.54. The van der Waals surface area contributed by atoms with Gasteiger partial charge >= 0.3 is 0 Å². The van der Waals surface area contributed by atoms with Crippen LogP contribution in [0.1, 0.15) is 74.0 Å². The maximum atomic E-state index is 13.2. The van der Waals surface area contributed by atoms with E-state index < -0.39 is 5.41 Å². The van der Waals surface area contributed by atoms with Gasteiger partial charge in [-0.15, -0.1) is 10.2 Å². The molecule has 0 spiro atoms. The molecule has 0 unspecified atom stereocenters. The number of rotatable bonds is 8. The lowest BCUT2D eigenvalue weighted by molar-refractivity contribution is -0.131. The Balaban J connectivity index is 1.41. The zero-order chi connectivity index (χ0) is 32.0. The highest BCUT2D eigenvalue weighted by Crippen LogP contribution is 2.48. The van der Waals surface area contributed by atoms with Crippen LogP contribution in [0.25, 0.3) is 0 Å². The summed E-state index contributed by atoms with van der Waals surface area (Å²) in [6, 6.07) is 13.7. The lowest BCUT2D eigenvalue weighted by atomic mass is 9.69. The molecular formula is C34H39N7O4. The molecule has 2 aromatic carbocycles. The molecule has 3 aromatic rings. The third-order valence-corrected chi connectivity index (χ3v) is 9.49. The fourth-order valence-electron chi connectivity index (χ4n) is 7.20. The number of benzene rings is 2. The number of nitrogens with zero attached hydrogens (tertiary/aromatic N) is 6. The number of amides is 3. The van der Waals surface area contributed by atoms with Gasteiger partial charge in [0.15, 0.2) is 0 Å². The van der Waals surface area contributed by atoms with Gasteiger partial charge in [0, 0.05) is 52.3 Å². The average molecular weight is 610 g/mol. The third kappa shape index (κ3) is 5.37. The number of fused-ring (bicyclic) bond motifs is 3. The van der Waals surface area contributed by atoms with E-state index in [0.29, 0.717) is 54.6 Å². The number of nitriles is 1. The van der Waals surface area contributed by atoms with Gasteiger partial charge in [-0.3, -0.25) is 14.4 Å². The first-order chi connectivity index (χ1) is 21.5. The number of nitrogens with one attached hydrogen (secondary N) is 1. The Bertz CT molecular complexity index is 1630. The molecule has 2 fully saturated rings. The summed E-state index contributed by atoms with van der Waals surface area (Å²) in [5, 5.41) is 21.7. The van der Waals surface area contributed by atoms with E-state index in [4.69, 9.17) is 4.42 Å². The van der Waals surface area contributed by atoms with Gasteiger partial charge < -0.3 is 24.4 Å². The molecule has 1 N–H and O–H groups in total. The minimum atomic E-state index is -0.914. The van der Waals surface area contributed by atoms with E-state index in [1.165, 1.54) is 0 Å². The van der Waals surface area contributed by atoms with Crippen LogP contribution in [0.4, 0.5) is 0 Å². The van der Waals surface area contributed by atoms with Gasteiger partial charge in [-0.2, -0.15) is 5.26 Å². The molecule has 2 heterocycles. The zero-order valence-electron chi connectivity index (χ0n) is 26.5. The van der Waals surface area contributed by atoms with Crippen LogP contribution in [0, 0.1) is 24.2 Å². The first kappa shape index (κ1) is 30.5. The van der Waals surface area contributed by atoms with Crippen LogP contribution in [-0.2, 0) is 23.1 Å². The second kappa shape index (κ2) is 11.7. The van der Waals surface area contributed by atoms with Crippen LogP contribution in [0.15, 0.2) is 40.8 Å². The van der Waals surface area contributed by atoms with E-state index >= 15 is 0 Å². The predicted molar refractivity (Wildman–Crippen MR) is 165 cm³/mol. The summed E-state index contributed by atoms with van der Waals surface area (Å²) < 4.78 is 6.22. The highest BCUT2D eigenvalue weighted by molar-refractivity contribution is 5.95. The predicted octanol–water partition coefficient (Wildman–Crippen LogP) is 2.71. The fourth-order valence-corrected chi connectivity index (χ4v) is 7.20. The fraction of sp³-hybridized carbons (Fsp3) is 0.471. The van der Waals surface area contributed by atoms with Crippen LogP contribution in [0.2, 0.25) is 0 Å². The van der Waals surface area contributed by atoms with Crippen LogP contribution < -0.4 is 5.32 Å². The van der Waals surface area contributed by atoms with Gasteiger partial charge in [-0.25, -0.2) is 0 Å². The Morgan fingerprint density at radius 3 is 2.09 bits per heavy atom. The van der Waals surface area contributed by atoms with Gasteiger partial charge in [-0.1, -0.05) is 12.1 Å². The molecule has 6 rings (SSSR count). The first-order valence-corrected chi connectivity index (χ1v) is 15.5. The molecule has 1 aromatic heterocycles. The van der Waals surface area contributed by atoms with Crippen LogP contribution in [0.5, 0.6) is 0 Å². The molecule has 2 aliphatic carbocycles. The summed E-state index contributed by atoms with van der Waals surface area (Å²) in [5.41, 5.74) is 4.13. The Hall–Kier alpha value is -4.56. The minimum Gasteiger partial charge on any atom is -0.424 e. The number of aromatic nitrogens is 2. The second-order valence-electron chi connectivity index (χ2n) is 12.8. The Morgan fingerprint density at radius 2 is 1.58 bits per heavy atom. The van der Waals surface area contributed by atoms with Crippen LogP contribution in [-0.4, -0.2) is 96.0 Å². The molecule has 11 heteroatoms. The molecule has 3 aliphatic rings. The largest absolute Gasteiger partial charge is 0.424 e. The standard InChI is InChI=1S/C34H39N7O4/c1-20-37-38-33(45-20)34(12-13-36-19-30(42)41-26(18-35)16-25-17-29(25)41)27-10-8-23(31(43)39(2)3)14-21(27)6-7-22-15-24(9-11-28(22)34)32(44)40(4)5/h8-11,14-15,25-26,29,36H,6-7,12-13,16-17,19H2,1-5H3/t25-,26+,29+/m1/s1. The summed E-state index contributed by atoms with van der Waals surface area (Å²) in [4.78, 5) is 44.1. The number of likely N-dealkylation sites (tertiary alicyclic amines) is 1. The maximum Gasteiger partial charge on any atom is 0.253 e. The van der Waals surface area contributed by atoms with Crippen molar-refractivity contribution >= 4 is 17.7 Å². The molecule has 0 bridgehead atoms. The van der Waals surface area contributed by atoms with Gasteiger partial charge in [0.25, 0.3) is 11.8 Å². The van der Waals surface area contributed by atoms with Crippen molar-refractivity contribution in [1.29, 1.82) is 5.26 Å². The van der Waals surface area contributed by atoms with Crippen molar-refractivity contribution < 1.29 is 18.8 Å². The highest BCUT2D eigenvalue weighted by atomic mass is 16.4. The van der Waals surface area contributed by atoms with E-state index in [0.717, 1.165) is 35.1 Å². The molecule has 3 atom stereocenters. The summed E-state index contributed by atoms with van der Waals surface area (Å²) in [7, 11) is 6.93. The molecular weight excluding hydrogens is 570 g/mol. The smallest absolute Gasteiger partial charge is 0.253 e. The van der Waals surface area contributed by atoms with Crippen molar-refractivity contribution in [1.82, 2.24) is 30.2 Å². The van der Waals surface area contributed by atoms with Crippen molar-refractivity contribution in [2.45, 2.75) is 56.5 Å². The molecule has 11 nitrogen and oxygen atoms in total. The van der Waals surface area contributed by atoms with Gasteiger partial charge in [0.05, 0.1) is 12.6 Å². The molecule has 0 radical (unpaired) electrons. The Kier molecular flexibility index (Phi) is 7.95. The summed E-state index contributed by atoms with van der Waals surface area (Å²) in [5.74, 6) is 1.06. The lowest BCUT2D eigenvalue weighted by Crippen LogP contribution is -2.44. The van der Waals surface area contributed by atoms with E-state index in [1.54, 1.807) is 49.8 Å². The summed E-state index contributed by atoms with van der Waals surface area (Å²) in [6.45, 7) is 2.30. The number of hydrogen-bond donors (Lipinski definition) is 1. The summed E-state index contributed by atoms with van der Waals surface area (Å²) in [6.07, 6.45) is 3.50. The van der Waals surface area contributed by atoms with E-state index in [-0.39, 0.29) is 36.3 Å². The SMILES string of the molecule is Cc1nnc(C2(CCNCC(=O)N3[C@H](C#N)C[C@@H]4C[C@@H]43)c3ccc(C(=O)N(C)C)cc3CCc3cc(C(=O)N(C)C)ccc32)o1. The zero-order valence-corrected chi connectivity index (χ0v) is 26.5.